The van der Waals surface area contributed by atoms with Gasteiger partial charge in [0.2, 0.25) is 5.16 Å². The molecule has 7 heteroatoms. The maximum atomic E-state index is 13.0. The summed E-state index contributed by atoms with van der Waals surface area (Å²) >= 11 is 1.11. The number of nitrogens with zero attached hydrogens (tertiary/aromatic N) is 3. The topological polar surface area (TPSA) is 90.9 Å². The molecule has 0 saturated carbocycles. The van der Waals surface area contributed by atoms with Gasteiger partial charge in [0.25, 0.3) is 5.56 Å². The highest BCUT2D eigenvalue weighted by molar-refractivity contribution is 8.00. The third kappa shape index (κ3) is 3.61. The van der Waals surface area contributed by atoms with E-state index < -0.39 is 10.8 Å². The lowest BCUT2D eigenvalue weighted by Gasteiger charge is -2.16. The minimum absolute atomic E-state index is 0.0911. The molecule has 0 bridgehead atoms. The first-order valence-corrected chi connectivity index (χ1v) is 8.48. The molecule has 0 amide bonds. The predicted molar refractivity (Wildman–Crippen MR) is 97.0 cm³/mol. The monoisotopic (exact) mass is 352 g/mol. The molecule has 3 rings (SSSR count). The van der Waals surface area contributed by atoms with E-state index in [1.165, 1.54) is 6.92 Å². The molecule has 2 aromatic carbocycles. The van der Waals surface area contributed by atoms with Crippen LogP contribution in [0, 0.1) is 6.92 Å². The minimum Gasteiger partial charge on any atom is -0.334 e. The summed E-state index contributed by atoms with van der Waals surface area (Å²) in [5.74, 6) is 5.73. The van der Waals surface area contributed by atoms with Gasteiger partial charge in [-0.15, -0.1) is 10.2 Å². The number of aromatic nitrogens is 3. The number of benzene rings is 2. The van der Waals surface area contributed by atoms with E-state index in [9.17, 15) is 9.59 Å². The number of aryl methyl sites for hydroxylation is 1. The van der Waals surface area contributed by atoms with Crippen LogP contribution in [0.15, 0.2) is 70.6 Å². The van der Waals surface area contributed by atoms with Crippen molar-refractivity contribution in [3.63, 3.8) is 0 Å². The van der Waals surface area contributed by atoms with E-state index >= 15 is 0 Å². The van der Waals surface area contributed by atoms with Gasteiger partial charge in [-0.25, -0.2) is 0 Å². The summed E-state index contributed by atoms with van der Waals surface area (Å²) in [5, 5.41) is 7.40. The number of rotatable bonds is 5. The highest BCUT2D eigenvalue weighted by atomic mass is 32.2. The van der Waals surface area contributed by atoms with Crippen molar-refractivity contribution in [2.75, 3.05) is 5.84 Å². The molecule has 3 aromatic rings. The van der Waals surface area contributed by atoms with Gasteiger partial charge in [-0.05, 0) is 12.5 Å². The first-order chi connectivity index (χ1) is 12.1. The smallest absolute Gasteiger partial charge is 0.294 e. The first kappa shape index (κ1) is 16.9. The first-order valence-electron chi connectivity index (χ1n) is 7.60. The molecule has 0 fully saturated rings. The van der Waals surface area contributed by atoms with Gasteiger partial charge < -0.3 is 5.84 Å². The third-order valence-corrected chi connectivity index (χ3v) is 4.85. The molecular formula is C18H16N4O2S. The van der Waals surface area contributed by atoms with Crippen molar-refractivity contribution in [1.82, 2.24) is 14.9 Å². The van der Waals surface area contributed by atoms with Gasteiger partial charge in [-0.2, -0.15) is 4.68 Å². The summed E-state index contributed by atoms with van der Waals surface area (Å²) in [6.45, 7) is 1.54. The van der Waals surface area contributed by atoms with E-state index in [1.807, 2.05) is 48.5 Å². The molecule has 0 aliphatic carbocycles. The molecule has 6 nitrogen and oxygen atoms in total. The van der Waals surface area contributed by atoms with E-state index in [-0.39, 0.29) is 16.6 Å². The molecule has 2 N–H and O–H groups in total. The Labute approximate surface area is 148 Å². The Morgan fingerprint density at radius 1 is 1.04 bits per heavy atom. The molecule has 0 saturated heterocycles. The van der Waals surface area contributed by atoms with E-state index in [1.54, 1.807) is 12.1 Å². The Morgan fingerprint density at radius 2 is 1.64 bits per heavy atom. The van der Waals surface area contributed by atoms with Crippen molar-refractivity contribution in [3.8, 4) is 0 Å². The summed E-state index contributed by atoms with van der Waals surface area (Å²) in [5.41, 5.74) is 1.15. The van der Waals surface area contributed by atoms with Crippen LogP contribution in [0.5, 0.6) is 0 Å². The molecule has 1 atom stereocenters. The third-order valence-electron chi connectivity index (χ3n) is 3.64. The largest absolute Gasteiger partial charge is 0.334 e. The fourth-order valence-electron chi connectivity index (χ4n) is 2.31. The summed E-state index contributed by atoms with van der Waals surface area (Å²) in [6, 6.07) is 18.3. The summed E-state index contributed by atoms with van der Waals surface area (Å²) in [4.78, 5) is 25.0. The molecule has 25 heavy (non-hydrogen) atoms. The summed E-state index contributed by atoms with van der Waals surface area (Å²) in [7, 11) is 0. The van der Waals surface area contributed by atoms with Crippen LogP contribution in [-0.4, -0.2) is 20.7 Å². The molecule has 126 valence electrons. The number of hydrogen-bond donors (Lipinski definition) is 1. The lowest BCUT2D eigenvalue weighted by Crippen LogP contribution is -2.32. The number of Topliss-reactive ketones (excluding diaryl/α,β-unsaturated/α-hetero) is 1. The number of thioether (sulfide) groups is 1. The van der Waals surface area contributed by atoms with Gasteiger partial charge >= 0.3 is 0 Å². The van der Waals surface area contributed by atoms with Crippen molar-refractivity contribution in [3.05, 3.63) is 87.8 Å². The normalized spacial score (nSPS) is 11.9. The molecule has 0 spiro atoms. The van der Waals surface area contributed by atoms with Gasteiger partial charge in [-0.3, -0.25) is 9.59 Å². The number of ketones is 1. The van der Waals surface area contributed by atoms with E-state index in [0.717, 1.165) is 22.0 Å². The lowest BCUT2D eigenvalue weighted by atomic mass is 10.0. The van der Waals surface area contributed by atoms with E-state index in [4.69, 9.17) is 5.84 Å². The Kier molecular flexibility index (Phi) is 4.95. The second-order valence-electron chi connectivity index (χ2n) is 5.38. The van der Waals surface area contributed by atoms with Crippen molar-refractivity contribution < 1.29 is 4.79 Å². The van der Waals surface area contributed by atoms with Crippen LogP contribution in [0.3, 0.4) is 0 Å². The van der Waals surface area contributed by atoms with Crippen molar-refractivity contribution in [2.24, 2.45) is 0 Å². The molecule has 0 radical (unpaired) electrons. The van der Waals surface area contributed by atoms with Gasteiger partial charge in [0.05, 0.1) is 0 Å². The van der Waals surface area contributed by atoms with Gasteiger partial charge in [-0.1, -0.05) is 72.4 Å². The van der Waals surface area contributed by atoms with Crippen LogP contribution in [0.1, 0.15) is 26.9 Å². The van der Waals surface area contributed by atoms with Crippen LogP contribution in [0.25, 0.3) is 0 Å². The zero-order valence-electron chi connectivity index (χ0n) is 13.5. The van der Waals surface area contributed by atoms with Gasteiger partial charge in [0, 0.05) is 5.56 Å². The van der Waals surface area contributed by atoms with Crippen molar-refractivity contribution in [1.29, 1.82) is 0 Å². The van der Waals surface area contributed by atoms with E-state index in [2.05, 4.69) is 10.2 Å². The second-order valence-corrected chi connectivity index (χ2v) is 6.45. The maximum Gasteiger partial charge on any atom is 0.294 e. The zero-order valence-corrected chi connectivity index (χ0v) is 14.3. The molecule has 1 heterocycles. The number of nitrogen functional groups attached to an aromatic ring is 1. The predicted octanol–water partition coefficient (Wildman–Crippen LogP) is 2.38. The Hall–Kier alpha value is -2.93. The van der Waals surface area contributed by atoms with Crippen LogP contribution >= 0.6 is 11.8 Å². The van der Waals surface area contributed by atoms with E-state index in [0.29, 0.717) is 5.56 Å². The summed E-state index contributed by atoms with van der Waals surface area (Å²) in [6.07, 6.45) is 0. The van der Waals surface area contributed by atoms with Crippen LogP contribution in [0.4, 0.5) is 0 Å². The Balaban J connectivity index is 2.02. The number of nitrogens with two attached hydrogens (primary N) is 1. The lowest BCUT2D eigenvalue weighted by molar-refractivity contribution is 0.0989. The minimum atomic E-state index is -0.588. The SMILES string of the molecule is Cc1nnc(SC(C(=O)c2ccccc2)c2ccccc2)n(N)c1=O. The average Bonchev–Trinajstić information content (AvgIpc) is 2.66. The number of hydrogen-bond acceptors (Lipinski definition) is 6. The molecule has 1 aromatic heterocycles. The number of carbonyl (C=O) groups excluding carboxylic acids is 1. The number of carbonyl (C=O) groups is 1. The Morgan fingerprint density at radius 3 is 2.28 bits per heavy atom. The molecular weight excluding hydrogens is 336 g/mol. The second kappa shape index (κ2) is 7.31. The van der Waals surface area contributed by atoms with Crippen LogP contribution in [-0.2, 0) is 0 Å². The standard InChI is InChI=1S/C18H16N4O2S/c1-12-17(24)22(19)18(21-20-12)25-16(14-10-6-3-7-11-14)15(23)13-8-4-2-5-9-13/h2-11,16H,19H2,1H3. The average molecular weight is 352 g/mol. The van der Waals surface area contributed by atoms with Crippen LogP contribution in [0.2, 0.25) is 0 Å². The maximum absolute atomic E-state index is 13.0. The highest BCUT2D eigenvalue weighted by Gasteiger charge is 2.25. The fraction of sp³-hybridized carbons (Fsp3) is 0.111. The van der Waals surface area contributed by atoms with Gasteiger partial charge in [0.15, 0.2) is 5.78 Å². The molecule has 0 aliphatic rings. The van der Waals surface area contributed by atoms with Crippen molar-refractivity contribution >= 4 is 17.5 Å². The van der Waals surface area contributed by atoms with Gasteiger partial charge in [0.1, 0.15) is 10.9 Å². The molecule has 1 unspecified atom stereocenters. The highest BCUT2D eigenvalue weighted by Crippen LogP contribution is 2.35. The van der Waals surface area contributed by atoms with Crippen LogP contribution < -0.4 is 11.4 Å². The quantitative estimate of drug-likeness (QED) is 0.431. The van der Waals surface area contributed by atoms with Crippen molar-refractivity contribution in [2.45, 2.75) is 17.3 Å². The zero-order chi connectivity index (χ0) is 17.8. The fourth-order valence-corrected chi connectivity index (χ4v) is 3.34. The Bertz CT molecular complexity index is 942. The summed E-state index contributed by atoms with van der Waals surface area (Å²) < 4.78 is 0.932. The molecule has 0 aliphatic heterocycles.